The van der Waals surface area contributed by atoms with Crippen molar-refractivity contribution in [2.75, 3.05) is 53.6 Å². The number of rotatable bonds is 6. The largest absolute Gasteiger partial charge is 0.496 e. The maximum absolute atomic E-state index is 5.48. The van der Waals surface area contributed by atoms with Crippen molar-refractivity contribution in [1.29, 1.82) is 0 Å². The van der Waals surface area contributed by atoms with Crippen LogP contribution >= 0.6 is 0 Å². The van der Waals surface area contributed by atoms with Crippen LogP contribution in [0.4, 0.5) is 0 Å². The first-order chi connectivity index (χ1) is 9.76. The zero-order valence-electron chi connectivity index (χ0n) is 12.8. The molecule has 0 N–H and O–H groups in total. The Morgan fingerprint density at radius 2 is 1.80 bits per heavy atom. The molecule has 0 bridgehead atoms. The van der Waals surface area contributed by atoms with Crippen LogP contribution in [-0.4, -0.2) is 63.4 Å². The number of methoxy groups -OCH3 is 2. The fraction of sp³-hybridized carbons (Fsp3) is 0.625. The third-order valence-electron chi connectivity index (χ3n) is 4.16. The Morgan fingerprint density at radius 3 is 2.45 bits per heavy atom. The van der Waals surface area contributed by atoms with Crippen LogP contribution in [-0.2, 0) is 4.74 Å². The second-order valence-electron chi connectivity index (χ2n) is 5.29. The molecule has 0 radical (unpaired) electrons. The molecule has 2 rings (SSSR count). The molecule has 0 saturated carbocycles. The lowest BCUT2D eigenvalue weighted by molar-refractivity contribution is 0.0780. The monoisotopic (exact) mass is 278 g/mol. The minimum atomic E-state index is 0.399. The predicted molar refractivity (Wildman–Crippen MR) is 81.3 cm³/mol. The van der Waals surface area contributed by atoms with Gasteiger partial charge in [-0.15, -0.1) is 0 Å². The van der Waals surface area contributed by atoms with Gasteiger partial charge in [-0.2, -0.15) is 0 Å². The molecule has 1 unspecified atom stereocenters. The molecule has 1 heterocycles. The van der Waals surface area contributed by atoms with Crippen molar-refractivity contribution >= 4 is 0 Å². The summed E-state index contributed by atoms with van der Waals surface area (Å²) in [5, 5.41) is 0. The Hall–Kier alpha value is -1.10. The molecule has 4 heteroatoms. The fourth-order valence-electron chi connectivity index (χ4n) is 2.80. The quantitative estimate of drug-likeness (QED) is 0.795. The molecule has 1 aromatic carbocycles. The fourth-order valence-corrected chi connectivity index (χ4v) is 2.80. The van der Waals surface area contributed by atoms with Gasteiger partial charge in [-0.05, 0) is 13.0 Å². The van der Waals surface area contributed by atoms with E-state index >= 15 is 0 Å². The molecule has 0 spiro atoms. The van der Waals surface area contributed by atoms with E-state index in [0.717, 1.165) is 45.1 Å². The molecule has 4 nitrogen and oxygen atoms in total. The van der Waals surface area contributed by atoms with Crippen LogP contribution in [0.2, 0.25) is 0 Å². The highest BCUT2D eigenvalue weighted by molar-refractivity contribution is 5.35. The van der Waals surface area contributed by atoms with Crippen molar-refractivity contribution < 1.29 is 9.47 Å². The lowest BCUT2D eigenvalue weighted by Gasteiger charge is -2.38. The molecular formula is C16H26N2O2. The van der Waals surface area contributed by atoms with Crippen molar-refractivity contribution in [2.24, 2.45) is 0 Å². The maximum atomic E-state index is 5.48. The number of piperazine rings is 1. The number of nitrogens with zero attached hydrogens (tertiary/aromatic N) is 2. The van der Waals surface area contributed by atoms with Gasteiger partial charge in [0.1, 0.15) is 5.75 Å². The van der Waals surface area contributed by atoms with E-state index < -0.39 is 0 Å². The normalized spacial score (nSPS) is 18.9. The summed E-state index contributed by atoms with van der Waals surface area (Å²) in [6.07, 6.45) is 0. The summed E-state index contributed by atoms with van der Waals surface area (Å²) >= 11 is 0. The van der Waals surface area contributed by atoms with Crippen molar-refractivity contribution in [1.82, 2.24) is 9.80 Å². The van der Waals surface area contributed by atoms with Crippen LogP contribution in [0.1, 0.15) is 18.5 Å². The Kier molecular flexibility index (Phi) is 5.83. The summed E-state index contributed by atoms with van der Waals surface area (Å²) in [5.41, 5.74) is 1.28. The highest BCUT2D eigenvalue weighted by Gasteiger charge is 2.23. The Balaban J connectivity index is 1.93. The molecule has 1 atom stereocenters. The minimum Gasteiger partial charge on any atom is -0.496 e. The van der Waals surface area contributed by atoms with Crippen LogP contribution < -0.4 is 4.74 Å². The first-order valence-corrected chi connectivity index (χ1v) is 7.34. The van der Waals surface area contributed by atoms with Gasteiger partial charge in [0.2, 0.25) is 0 Å². The van der Waals surface area contributed by atoms with Gasteiger partial charge in [0.05, 0.1) is 13.7 Å². The summed E-state index contributed by atoms with van der Waals surface area (Å²) < 4.78 is 10.6. The molecular weight excluding hydrogens is 252 g/mol. The van der Waals surface area contributed by atoms with Gasteiger partial charge in [-0.25, -0.2) is 0 Å². The number of para-hydroxylation sites is 1. The lowest BCUT2D eigenvalue weighted by Crippen LogP contribution is -2.47. The van der Waals surface area contributed by atoms with Gasteiger partial charge < -0.3 is 9.47 Å². The number of hydrogen-bond donors (Lipinski definition) is 0. The molecule has 1 fully saturated rings. The summed E-state index contributed by atoms with van der Waals surface area (Å²) in [6.45, 7) is 8.55. The summed E-state index contributed by atoms with van der Waals surface area (Å²) in [4.78, 5) is 5.00. The molecule has 1 aliphatic heterocycles. The topological polar surface area (TPSA) is 24.9 Å². The Bertz CT molecular complexity index is 403. The van der Waals surface area contributed by atoms with E-state index in [1.54, 1.807) is 14.2 Å². The molecule has 1 aliphatic rings. The van der Waals surface area contributed by atoms with Crippen LogP contribution in [0.25, 0.3) is 0 Å². The molecule has 1 aromatic rings. The molecule has 0 amide bonds. The van der Waals surface area contributed by atoms with E-state index in [1.165, 1.54) is 5.56 Å². The second-order valence-corrected chi connectivity index (χ2v) is 5.29. The summed E-state index contributed by atoms with van der Waals surface area (Å²) in [5.74, 6) is 0.988. The van der Waals surface area contributed by atoms with Crippen molar-refractivity contribution in [3.8, 4) is 5.75 Å². The molecule has 0 aliphatic carbocycles. The first kappa shape index (κ1) is 15.3. The molecule has 1 saturated heterocycles. The standard InChI is InChI=1S/C16H26N2O2/c1-14(15-6-4-5-7-16(15)20-3)18-10-8-17(9-11-18)12-13-19-2/h4-7,14H,8-13H2,1-3H3. The van der Waals surface area contributed by atoms with Crippen LogP contribution in [0.15, 0.2) is 24.3 Å². The van der Waals surface area contributed by atoms with Crippen LogP contribution in [0.3, 0.4) is 0 Å². The Labute approximate surface area is 122 Å². The third kappa shape index (κ3) is 3.72. The smallest absolute Gasteiger partial charge is 0.123 e. The highest BCUT2D eigenvalue weighted by Crippen LogP contribution is 2.29. The van der Waals surface area contributed by atoms with E-state index in [-0.39, 0.29) is 0 Å². The van der Waals surface area contributed by atoms with Crippen LogP contribution in [0.5, 0.6) is 5.75 Å². The SMILES string of the molecule is COCCN1CCN(C(C)c2ccccc2OC)CC1. The Morgan fingerprint density at radius 1 is 1.10 bits per heavy atom. The average Bonchev–Trinajstić information content (AvgIpc) is 2.52. The van der Waals surface area contributed by atoms with Crippen molar-refractivity contribution in [2.45, 2.75) is 13.0 Å². The van der Waals surface area contributed by atoms with Gasteiger partial charge in [-0.1, -0.05) is 18.2 Å². The van der Waals surface area contributed by atoms with E-state index in [0.29, 0.717) is 6.04 Å². The second kappa shape index (κ2) is 7.62. The number of hydrogen-bond acceptors (Lipinski definition) is 4. The number of ether oxygens (including phenoxy) is 2. The van der Waals surface area contributed by atoms with Crippen LogP contribution in [0, 0.1) is 0 Å². The van der Waals surface area contributed by atoms with Crippen molar-refractivity contribution in [3.63, 3.8) is 0 Å². The minimum absolute atomic E-state index is 0.399. The predicted octanol–water partition coefficient (Wildman–Crippen LogP) is 2.02. The zero-order valence-corrected chi connectivity index (χ0v) is 12.8. The highest BCUT2D eigenvalue weighted by atomic mass is 16.5. The van der Waals surface area contributed by atoms with Gasteiger partial charge in [0.15, 0.2) is 0 Å². The molecule has 112 valence electrons. The lowest BCUT2D eigenvalue weighted by atomic mass is 10.0. The van der Waals surface area contributed by atoms with E-state index in [1.807, 2.05) is 12.1 Å². The summed E-state index contributed by atoms with van der Waals surface area (Å²) in [6, 6.07) is 8.72. The van der Waals surface area contributed by atoms with Gasteiger partial charge in [-0.3, -0.25) is 9.80 Å². The maximum Gasteiger partial charge on any atom is 0.123 e. The number of benzene rings is 1. The first-order valence-electron chi connectivity index (χ1n) is 7.34. The van der Waals surface area contributed by atoms with E-state index in [2.05, 4.69) is 28.9 Å². The van der Waals surface area contributed by atoms with E-state index in [9.17, 15) is 0 Å². The van der Waals surface area contributed by atoms with Gasteiger partial charge in [0, 0.05) is 51.4 Å². The molecule has 0 aromatic heterocycles. The average molecular weight is 278 g/mol. The van der Waals surface area contributed by atoms with Gasteiger partial charge >= 0.3 is 0 Å². The summed E-state index contributed by atoms with van der Waals surface area (Å²) in [7, 11) is 3.51. The van der Waals surface area contributed by atoms with E-state index in [4.69, 9.17) is 9.47 Å². The van der Waals surface area contributed by atoms with Gasteiger partial charge in [0.25, 0.3) is 0 Å². The molecule has 20 heavy (non-hydrogen) atoms. The van der Waals surface area contributed by atoms with Crippen molar-refractivity contribution in [3.05, 3.63) is 29.8 Å². The third-order valence-corrected chi connectivity index (χ3v) is 4.16. The zero-order chi connectivity index (χ0) is 14.4.